The first-order valence-corrected chi connectivity index (χ1v) is 7.74. The van der Waals surface area contributed by atoms with E-state index >= 15 is 0 Å². The van der Waals surface area contributed by atoms with Crippen LogP contribution in [0.25, 0.3) is 0 Å². The molecule has 0 amide bonds. The standard InChI is InChI=1S/C17H16Cl2O2/c18-12-6-5-11(15(19)10-12)9-16(20)13-7-8-21-17-4-2-1-3-14(13)17/h1-6,10,13,16,20H,7-9H2. The van der Waals surface area contributed by atoms with Crippen LogP contribution >= 0.6 is 23.2 Å². The fourth-order valence-corrected chi connectivity index (χ4v) is 3.31. The second kappa shape index (κ2) is 6.27. The molecular weight excluding hydrogens is 307 g/mol. The van der Waals surface area contributed by atoms with Gasteiger partial charge in [-0.2, -0.15) is 0 Å². The molecule has 1 aliphatic rings. The Kier molecular flexibility index (Phi) is 4.39. The molecule has 1 aliphatic heterocycles. The lowest BCUT2D eigenvalue weighted by Gasteiger charge is -2.29. The van der Waals surface area contributed by atoms with Crippen LogP contribution in [0.15, 0.2) is 42.5 Å². The van der Waals surface area contributed by atoms with Gasteiger partial charge in [0.15, 0.2) is 0 Å². The first-order valence-electron chi connectivity index (χ1n) is 6.99. The maximum Gasteiger partial charge on any atom is 0.122 e. The van der Waals surface area contributed by atoms with Gasteiger partial charge >= 0.3 is 0 Å². The van der Waals surface area contributed by atoms with E-state index in [1.807, 2.05) is 30.3 Å². The van der Waals surface area contributed by atoms with Gasteiger partial charge in [-0.05, 0) is 35.7 Å². The van der Waals surface area contributed by atoms with Crippen molar-refractivity contribution in [2.45, 2.75) is 24.9 Å². The summed E-state index contributed by atoms with van der Waals surface area (Å²) in [5, 5.41) is 11.8. The van der Waals surface area contributed by atoms with Crippen molar-refractivity contribution in [1.29, 1.82) is 0 Å². The fourth-order valence-electron chi connectivity index (χ4n) is 2.82. The monoisotopic (exact) mass is 322 g/mol. The highest BCUT2D eigenvalue weighted by Crippen LogP contribution is 2.37. The third kappa shape index (κ3) is 3.18. The molecule has 4 heteroatoms. The van der Waals surface area contributed by atoms with Crippen molar-refractivity contribution in [1.82, 2.24) is 0 Å². The molecular formula is C17H16Cl2O2. The molecule has 0 aliphatic carbocycles. The van der Waals surface area contributed by atoms with E-state index in [0.29, 0.717) is 23.1 Å². The van der Waals surface area contributed by atoms with Gasteiger partial charge in [-0.15, -0.1) is 0 Å². The van der Waals surface area contributed by atoms with Crippen LogP contribution in [0.4, 0.5) is 0 Å². The van der Waals surface area contributed by atoms with E-state index < -0.39 is 6.10 Å². The van der Waals surface area contributed by atoms with Crippen LogP contribution in [0.1, 0.15) is 23.5 Å². The normalized spacial score (nSPS) is 18.7. The molecule has 0 aromatic heterocycles. The first kappa shape index (κ1) is 14.7. The number of para-hydroxylation sites is 1. The van der Waals surface area contributed by atoms with Gasteiger partial charge in [0, 0.05) is 22.4 Å². The van der Waals surface area contributed by atoms with Gasteiger partial charge in [0.05, 0.1) is 12.7 Å². The van der Waals surface area contributed by atoms with Crippen molar-refractivity contribution in [2.24, 2.45) is 0 Å². The van der Waals surface area contributed by atoms with E-state index in [4.69, 9.17) is 27.9 Å². The summed E-state index contributed by atoms with van der Waals surface area (Å²) in [7, 11) is 0. The van der Waals surface area contributed by atoms with E-state index in [0.717, 1.165) is 23.3 Å². The van der Waals surface area contributed by atoms with Crippen molar-refractivity contribution in [3.8, 4) is 5.75 Å². The molecule has 1 N–H and O–H groups in total. The predicted molar refractivity (Wildman–Crippen MR) is 85.5 cm³/mol. The molecule has 3 rings (SSSR count). The van der Waals surface area contributed by atoms with E-state index in [-0.39, 0.29) is 5.92 Å². The minimum atomic E-state index is -0.492. The number of ether oxygens (including phenoxy) is 1. The summed E-state index contributed by atoms with van der Waals surface area (Å²) in [6.45, 7) is 0.632. The van der Waals surface area contributed by atoms with Crippen molar-refractivity contribution >= 4 is 23.2 Å². The van der Waals surface area contributed by atoms with E-state index in [1.54, 1.807) is 12.1 Å². The molecule has 2 atom stereocenters. The average molecular weight is 323 g/mol. The molecule has 2 unspecified atom stereocenters. The zero-order chi connectivity index (χ0) is 14.8. The van der Waals surface area contributed by atoms with Gasteiger partial charge < -0.3 is 9.84 Å². The largest absolute Gasteiger partial charge is 0.493 e. The highest BCUT2D eigenvalue weighted by molar-refractivity contribution is 6.35. The first-order chi connectivity index (χ1) is 10.1. The van der Waals surface area contributed by atoms with Crippen LogP contribution in [0, 0.1) is 0 Å². The Morgan fingerprint density at radius 3 is 2.81 bits per heavy atom. The Balaban J connectivity index is 1.81. The number of halogens is 2. The SMILES string of the molecule is OC(Cc1ccc(Cl)cc1Cl)C1CCOc2ccccc21. The summed E-state index contributed by atoms with van der Waals surface area (Å²) in [6.07, 6.45) is 0.826. The molecule has 0 spiro atoms. The summed E-state index contributed by atoms with van der Waals surface area (Å²) in [5.74, 6) is 0.941. The molecule has 0 bridgehead atoms. The molecule has 2 aromatic carbocycles. The molecule has 0 radical (unpaired) electrons. The minimum Gasteiger partial charge on any atom is -0.493 e. The maximum atomic E-state index is 10.6. The number of aliphatic hydroxyl groups excluding tert-OH is 1. The number of benzene rings is 2. The highest BCUT2D eigenvalue weighted by Gasteiger charge is 2.28. The smallest absolute Gasteiger partial charge is 0.122 e. The van der Waals surface area contributed by atoms with Gasteiger partial charge in [-0.3, -0.25) is 0 Å². The number of fused-ring (bicyclic) bond motifs is 1. The van der Waals surface area contributed by atoms with Crippen molar-refractivity contribution in [3.63, 3.8) is 0 Å². The minimum absolute atomic E-state index is 0.0710. The summed E-state index contributed by atoms with van der Waals surface area (Å²) >= 11 is 12.1. The van der Waals surface area contributed by atoms with Crippen LogP contribution in [0.2, 0.25) is 10.0 Å². The molecule has 0 saturated heterocycles. The topological polar surface area (TPSA) is 29.5 Å². The van der Waals surface area contributed by atoms with Gasteiger partial charge in [0.2, 0.25) is 0 Å². The quantitative estimate of drug-likeness (QED) is 0.903. The maximum absolute atomic E-state index is 10.6. The Hall–Kier alpha value is -1.22. The summed E-state index contributed by atoms with van der Waals surface area (Å²) in [4.78, 5) is 0. The summed E-state index contributed by atoms with van der Waals surface area (Å²) in [6, 6.07) is 13.3. The van der Waals surface area contributed by atoms with Crippen LogP contribution in [-0.2, 0) is 6.42 Å². The molecule has 110 valence electrons. The van der Waals surface area contributed by atoms with Crippen molar-refractivity contribution < 1.29 is 9.84 Å². The molecule has 0 fully saturated rings. The lowest BCUT2D eigenvalue weighted by molar-refractivity contribution is 0.116. The third-order valence-electron chi connectivity index (χ3n) is 3.91. The third-order valence-corrected chi connectivity index (χ3v) is 4.50. The average Bonchev–Trinajstić information content (AvgIpc) is 2.49. The van der Waals surface area contributed by atoms with Gasteiger partial charge in [0.1, 0.15) is 5.75 Å². The second-order valence-electron chi connectivity index (χ2n) is 5.29. The van der Waals surface area contributed by atoms with Crippen molar-refractivity contribution in [2.75, 3.05) is 6.61 Å². The Morgan fingerprint density at radius 2 is 2.00 bits per heavy atom. The van der Waals surface area contributed by atoms with Crippen LogP contribution in [0.5, 0.6) is 5.75 Å². The Morgan fingerprint density at radius 1 is 1.19 bits per heavy atom. The molecule has 0 saturated carbocycles. The van der Waals surface area contributed by atoms with E-state index in [2.05, 4.69) is 0 Å². The zero-order valence-corrected chi connectivity index (χ0v) is 12.9. The second-order valence-corrected chi connectivity index (χ2v) is 6.13. The predicted octanol–water partition coefficient (Wildman–Crippen LogP) is 4.46. The van der Waals surface area contributed by atoms with Crippen LogP contribution in [-0.4, -0.2) is 17.8 Å². The summed E-state index contributed by atoms with van der Waals surface area (Å²) < 4.78 is 5.64. The molecule has 21 heavy (non-hydrogen) atoms. The molecule has 2 aromatic rings. The summed E-state index contributed by atoms with van der Waals surface area (Å²) in [5.41, 5.74) is 1.99. The van der Waals surface area contributed by atoms with Crippen molar-refractivity contribution in [3.05, 3.63) is 63.6 Å². The van der Waals surface area contributed by atoms with E-state index in [9.17, 15) is 5.11 Å². The number of aliphatic hydroxyl groups is 1. The fraction of sp³-hybridized carbons (Fsp3) is 0.294. The molecule has 1 heterocycles. The van der Waals surface area contributed by atoms with Crippen LogP contribution < -0.4 is 4.74 Å². The lowest BCUT2D eigenvalue weighted by Crippen LogP contribution is -2.26. The van der Waals surface area contributed by atoms with Gasteiger partial charge in [-0.25, -0.2) is 0 Å². The van der Waals surface area contributed by atoms with Gasteiger partial charge in [-0.1, -0.05) is 47.5 Å². The van der Waals surface area contributed by atoms with Crippen LogP contribution in [0.3, 0.4) is 0 Å². The van der Waals surface area contributed by atoms with E-state index in [1.165, 1.54) is 0 Å². The Bertz CT molecular complexity index is 642. The van der Waals surface area contributed by atoms with Gasteiger partial charge in [0.25, 0.3) is 0 Å². The highest BCUT2D eigenvalue weighted by atomic mass is 35.5. The Labute approximate surface area is 134 Å². The lowest BCUT2D eigenvalue weighted by atomic mass is 9.85. The molecule has 2 nitrogen and oxygen atoms in total. The zero-order valence-electron chi connectivity index (χ0n) is 11.4. The number of hydrogen-bond donors (Lipinski definition) is 1. The number of hydrogen-bond acceptors (Lipinski definition) is 2. The number of rotatable bonds is 3.